The summed E-state index contributed by atoms with van der Waals surface area (Å²) in [4.78, 5) is 28.6. The van der Waals surface area contributed by atoms with Crippen molar-refractivity contribution in [1.29, 1.82) is 0 Å². The largest absolute Gasteiger partial charge is 0.370 e. The molecule has 3 N–H and O–H groups in total. The number of benzene rings is 1. The first-order chi connectivity index (χ1) is 14.5. The zero-order valence-electron chi connectivity index (χ0n) is 16.9. The van der Waals surface area contributed by atoms with E-state index in [0.29, 0.717) is 18.7 Å². The highest BCUT2D eigenvalue weighted by molar-refractivity contribution is 5.98. The molecule has 164 valence electrons. The van der Waals surface area contributed by atoms with E-state index in [4.69, 9.17) is 10.5 Å². The lowest BCUT2D eigenvalue weighted by Gasteiger charge is -2.41. The molecule has 3 aliphatic rings. The van der Waals surface area contributed by atoms with Gasteiger partial charge in [-0.05, 0) is 43.9 Å². The van der Waals surface area contributed by atoms with Crippen molar-refractivity contribution in [3.63, 3.8) is 0 Å². The van der Waals surface area contributed by atoms with Crippen LogP contribution in [-0.2, 0) is 14.3 Å². The molecule has 9 heteroatoms. The first-order valence-electron chi connectivity index (χ1n) is 10.6. The quantitative estimate of drug-likeness (QED) is 0.671. The highest BCUT2D eigenvalue weighted by Crippen LogP contribution is 2.37. The van der Waals surface area contributed by atoms with E-state index in [9.17, 15) is 18.4 Å². The van der Waals surface area contributed by atoms with Gasteiger partial charge in [0, 0.05) is 36.4 Å². The van der Waals surface area contributed by atoms with Crippen LogP contribution in [0, 0.1) is 0 Å². The average molecular weight is 422 g/mol. The summed E-state index contributed by atoms with van der Waals surface area (Å²) in [5.74, 6) is -0.629. The lowest BCUT2D eigenvalue weighted by molar-refractivity contribution is -0.125. The van der Waals surface area contributed by atoms with E-state index < -0.39 is 12.5 Å². The number of nitrogens with zero attached hydrogens (tertiary/aromatic N) is 2. The predicted molar refractivity (Wildman–Crippen MR) is 109 cm³/mol. The number of halogens is 2. The van der Waals surface area contributed by atoms with Gasteiger partial charge >= 0.3 is 0 Å². The van der Waals surface area contributed by atoms with Gasteiger partial charge in [-0.15, -0.1) is 0 Å². The van der Waals surface area contributed by atoms with E-state index in [1.807, 2.05) is 0 Å². The molecule has 1 aromatic carbocycles. The van der Waals surface area contributed by atoms with Crippen molar-refractivity contribution in [2.75, 3.05) is 36.5 Å². The van der Waals surface area contributed by atoms with Gasteiger partial charge in [0.15, 0.2) is 0 Å². The van der Waals surface area contributed by atoms with Gasteiger partial charge in [-0.2, -0.15) is 0 Å². The van der Waals surface area contributed by atoms with Gasteiger partial charge in [0.2, 0.25) is 5.91 Å². The van der Waals surface area contributed by atoms with Gasteiger partial charge in [0.05, 0.1) is 12.3 Å². The molecule has 7 nitrogen and oxygen atoms in total. The van der Waals surface area contributed by atoms with E-state index in [2.05, 4.69) is 10.2 Å². The second-order valence-corrected chi connectivity index (χ2v) is 8.18. The van der Waals surface area contributed by atoms with E-state index >= 15 is 0 Å². The van der Waals surface area contributed by atoms with E-state index in [1.165, 1.54) is 17.0 Å². The van der Waals surface area contributed by atoms with Crippen LogP contribution in [0.25, 0.3) is 0 Å². The maximum absolute atomic E-state index is 13.7. The van der Waals surface area contributed by atoms with Gasteiger partial charge in [-0.1, -0.05) is 6.42 Å². The Morgan fingerprint density at radius 2 is 2.00 bits per heavy atom. The topological polar surface area (TPSA) is 87.9 Å². The van der Waals surface area contributed by atoms with Crippen molar-refractivity contribution < 1.29 is 23.1 Å². The van der Waals surface area contributed by atoms with Gasteiger partial charge in [-0.3, -0.25) is 14.5 Å². The number of alkyl halides is 2. The zero-order chi connectivity index (χ0) is 21.3. The third-order valence-electron chi connectivity index (χ3n) is 6.16. The summed E-state index contributed by atoms with van der Waals surface area (Å²) in [6.07, 6.45) is 2.65. The summed E-state index contributed by atoms with van der Waals surface area (Å²) in [5.41, 5.74) is 6.09. The smallest absolute Gasteiger partial charge is 0.265 e. The van der Waals surface area contributed by atoms with Gasteiger partial charge in [0.1, 0.15) is 12.6 Å². The molecule has 0 bridgehead atoms. The van der Waals surface area contributed by atoms with Crippen molar-refractivity contribution in [2.45, 2.75) is 56.7 Å². The third-order valence-corrected chi connectivity index (χ3v) is 6.16. The molecule has 0 unspecified atom stereocenters. The molecule has 4 rings (SSSR count). The number of carbonyl (C=O) groups is 2. The number of ether oxygens (including phenoxy) is 1. The lowest BCUT2D eigenvalue weighted by Crippen LogP contribution is -2.55. The van der Waals surface area contributed by atoms with E-state index in [-0.39, 0.29) is 48.4 Å². The molecule has 2 saturated carbocycles. The number of hydrogen-bond acceptors (Lipinski definition) is 5. The van der Waals surface area contributed by atoms with Crippen LogP contribution in [0.1, 0.15) is 44.1 Å². The Bertz CT molecular complexity index is 798. The Balaban J connectivity index is 1.52. The number of rotatable bonds is 8. The number of nitrogens with two attached hydrogens (primary N) is 1. The van der Waals surface area contributed by atoms with Crippen molar-refractivity contribution in [3.05, 3.63) is 23.8 Å². The molecule has 1 atom stereocenters. The fraction of sp³-hybridized carbons (Fsp3) is 0.619. The Labute approximate surface area is 174 Å². The van der Waals surface area contributed by atoms with E-state index in [1.54, 1.807) is 6.07 Å². The number of carbonyl (C=O) groups excluding carboxylic acids is 2. The average Bonchev–Trinajstić information content (AvgIpc) is 3.52. The molecule has 1 saturated heterocycles. The predicted octanol–water partition coefficient (Wildman–Crippen LogP) is 2.27. The summed E-state index contributed by atoms with van der Waals surface area (Å²) in [6.45, 7) is 0.568. The molecule has 0 spiro atoms. The number of morpholine rings is 1. The molecule has 1 aliphatic heterocycles. The maximum atomic E-state index is 13.7. The summed E-state index contributed by atoms with van der Waals surface area (Å²) >= 11 is 0. The van der Waals surface area contributed by atoms with Crippen molar-refractivity contribution >= 4 is 23.2 Å². The van der Waals surface area contributed by atoms with Crippen LogP contribution in [0.15, 0.2) is 18.2 Å². The molecule has 2 amide bonds. The van der Waals surface area contributed by atoms with Gasteiger partial charge < -0.3 is 20.7 Å². The van der Waals surface area contributed by atoms with Crippen LogP contribution in [0.2, 0.25) is 0 Å². The van der Waals surface area contributed by atoms with Crippen molar-refractivity contribution in [3.8, 4) is 0 Å². The zero-order valence-corrected chi connectivity index (χ0v) is 16.9. The summed E-state index contributed by atoms with van der Waals surface area (Å²) in [7, 11) is 0. The molecule has 0 radical (unpaired) electrons. The first-order valence-corrected chi connectivity index (χ1v) is 10.6. The van der Waals surface area contributed by atoms with Crippen LogP contribution >= 0.6 is 0 Å². The lowest BCUT2D eigenvalue weighted by atomic mass is 9.90. The molecule has 1 aromatic rings. The minimum absolute atomic E-state index is 0.127. The first kappa shape index (κ1) is 21.1. The third kappa shape index (κ3) is 4.33. The Kier molecular flexibility index (Phi) is 6.31. The Morgan fingerprint density at radius 1 is 1.27 bits per heavy atom. The van der Waals surface area contributed by atoms with Crippen LogP contribution < -0.4 is 16.0 Å². The minimum atomic E-state index is -2.78. The standard InChI is InChI=1S/C21H28F2N4O3/c22-20(23)16-10-13(4-7-17(16)26-8-9-30-12-19(26)28)25-21(29)18(11-24)27(15-5-6-15)14-2-1-3-14/h4,7,10,14-15,18,20H,1-3,5-6,8-9,11-12,24H2,(H,25,29)/t18-/m1/s1. The van der Waals surface area contributed by atoms with Crippen LogP contribution in [0.5, 0.6) is 0 Å². The van der Waals surface area contributed by atoms with Gasteiger partial charge in [0.25, 0.3) is 12.3 Å². The van der Waals surface area contributed by atoms with Crippen LogP contribution in [0.3, 0.4) is 0 Å². The SMILES string of the molecule is NC[C@H](C(=O)Nc1ccc(N2CCOCC2=O)c(C(F)F)c1)N(C1CCC1)C1CC1. The number of anilines is 2. The second kappa shape index (κ2) is 8.95. The highest BCUT2D eigenvalue weighted by Gasteiger charge is 2.42. The van der Waals surface area contributed by atoms with E-state index in [0.717, 1.165) is 32.1 Å². The summed E-state index contributed by atoms with van der Waals surface area (Å²) in [5, 5.41) is 2.77. The Morgan fingerprint density at radius 3 is 2.57 bits per heavy atom. The molecule has 2 aliphatic carbocycles. The maximum Gasteiger partial charge on any atom is 0.265 e. The molecule has 30 heavy (non-hydrogen) atoms. The number of nitrogens with one attached hydrogen (secondary N) is 1. The number of hydrogen-bond donors (Lipinski definition) is 2. The van der Waals surface area contributed by atoms with Gasteiger partial charge in [-0.25, -0.2) is 8.78 Å². The summed E-state index contributed by atoms with van der Waals surface area (Å²) in [6, 6.07) is 4.56. The highest BCUT2D eigenvalue weighted by atomic mass is 19.3. The minimum Gasteiger partial charge on any atom is -0.370 e. The molecule has 3 fully saturated rings. The number of amides is 2. The molecule has 0 aromatic heterocycles. The monoisotopic (exact) mass is 422 g/mol. The van der Waals surface area contributed by atoms with Crippen LogP contribution in [0.4, 0.5) is 20.2 Å². The fourth-order valence-corrected chi connectivity index (χ4v) is 4.28. The molecular weight excluding hydrogens is 394 g/mol. The molecular formula is C21H28F2N4O3. The van der Waals surface area contributed by atoms with Crippen LogP contribution in [-0.4, -0.2) is 61.1 Å². The summed E-state index contributed by atoms with van der Waals surface area (Å²) < 4.78 is 32.6. The van der Waals surface area contributed by atoms with Crippen molar-refractivity contribution in [1.82, 2.24) is 4.90 Å². The Hall–Kier alpha value is -2.10. The van der Waals surface area contributed by atoms with Crippen molar-refractivity contribution in [2.24, 2.45) is 5.73 Å². The second-order valence-electron chi connectivity index (χ2n) is 8.18. The normalized spacial score (nSPS) is 21.1. The molecule has 1 heterocycles. The fourth-order valence-electron chi connectivity index (χ4n) is 4.28.